The van der Waals surface area contributed by atoms with E-state index in [1.165, 1.54) is 12.8 Å². The molecule has 4 atom stereocenters. The minimum absolute atomic E-state index is 0.0316. The number of hydrogen-bond donors (Lipinski definition) is 0. The minimum Gasteiger partial charge on any atom is -0.241 e. The molecule has 0 aliphatic heterocycles. The highest BCUT2D eigenvalue weighted by Gasteiger charge is 2.62. The number of fused-ring (bicyclic) bond motifs is 10. The smallest absolute Gasteiger partial charge is 0.200 e. The fourth-order valence-corrected chi connectivity index (χ4v) is 7.66. The monoisotopic (exact) mass is 453 g/mol. The molecule has 7 nitrogen and oxygen atoms in total. The number of hydrogen-bond acceptors (Lipinski definition) is 7. The van der Waals surface area contributed by atoms with Crippen LogP contribution >= 0.6 is 0 Å². The van der Waals surface area contributed by atoms with Gasteiger partial charge in [0, 0.05) is 22.7 Å². The fraction of sp³-hybridized carbons (Fsp3) is 0.593. The van der Waals surface area contributed by atoms with E-state index >= 15 is 0 Å². The summed E-state index contributed by atoms with van der Waals surface area (Å²) in [6, 6.07) is 5.86. The van der Waals surface area contributed by atoms with Gasteiger partial charge in [-0.3, -0.25) is 0 Å². The molecule has 4 aliphatic carbocycles. The van der Waals surface area contributed by atoms with Gasteiger partial charge in [0.25, 0.3) is 0 Å². The molecule has 7 heteroatoms. The van der Waals surface area contributed by atoms with Crippen LogP contribution in [0.4, 0.5) is 0 Å². The van der Waals surface area contributed by atoms with Gasteiger partial charge < -0.3 is 0 Å². The van der Waals surface area contributed by atoms with Crippen molar-refractivity contribution in [1.29, 1.82) is 0 Å². The average Bonchev–Trinajstić information content (AvgIpc) is 3.34. The van der Waals surface area contributed by atoms with E-state index in [9.17, 15) is 0 Å². The highest BCUT2D eigenvalue weighted by Crippen LogP contribution is 2.67. The minimum atomic E-state index is 0.0316. The Hall–Kier alpha value is -2.83. The molecule has 34 heavy (non-hydrogen) atoms. The molecule has 2 saturated carbocycles. The molecule has 4 bridgehead atoms. The molecular weight excluding hydrogens is 422 g/mol. The standard InChI is InChI=1S/C27H31N7/c1-24(2)14-10-12-26(24,5)20-18(14)31-33-22(29-20)16-8-7-9-17(28-16)23-30-21-19(32-34-23)15-11-13-27(21,6)25(15,3)4/h7-9,14-15H,10-13H2,1-6H3. The summed E-state index contributed by atoms with van der Waals surface area (Å²) < 4.78 is 0. The lowest BCUT2D eigenvalue weighted by Crippen LogP contribution is -2.32. The maximum Gasteiger partial charge on any atom is 0.200 e. The van der Waals surface area contributed by atoms with Crippen molar-refractivity contribution < 1.29 is 0 Å². The van der Waals surface area contributed by atoms with Crippen molar-refractivity contribution in [2.75, 3.05) is 0 Å². The van der Waals surface area contributed by atoms with E-state index in [-0.39, 0.29) is 21.7 Å². The van der Waals surface area contributed by atoms with Gasteiger partial charge in [0.15, 0.2) is 0 Å². The third-order valence-electron chi connectivity index (χ3n) is 10.8. The number of pyridine rings is 1. The van der Waals surface area contributed by atoms with Gasteiger partial charge in [0.1, 0.15) is 11.4 Å². The maximum atomic E-state index is 5.03. The Morgan fingerprint density at radius 1 is 0.618 bits per heavy atom. The predicted octanol–water partition coefficient (Wildman–Crippen LogP) is 5.14. The van der Waals surface area contributed by atoms with Crippen molar-refractivity contribution in [2.45, 2.75) is 89.9 Å². The van der Waals surface area contributed by atoms with Gasteiger partial charge in [-0.2, -0.15) is 10.2 Å². The summed E-state index contributed by atoms with van der Waals surface area (Å²) in [5.41, 5.74) is 6.14. The first kappa shape index (κ1) is 20.5. The molecule has 0 N–H and O–H groups in total. The molecular formula is C27H31N7. The van der Waals surface area contributed by atoms with Gasteiger partial charge >= 0.3 is 0 Å². The van der Waals surface area contributed by atoms with Crippen LogP contribution in [0.3, 0.4) is 0 Å². The van der Waals surface area contributed by atoms with Gasteiger partial charge in [0.2, 0.25) is 11.6 Å². The summed E-state index contributed by atoms with van der Waals surface area (Å²) in [7, 11) is 0. The van der Waals surface area contributed by atoms with Gasteiger partial charge in [-0.05, 0) is 48.6 Å². The number of nitrogens with zero attached hydrogens (tertiary/aromatic N) is 7. The summed E-state index contributed by atoms with van der Waals surface area (Å²) >= 11 is 0. The Morgan fingerprint density at radius 2 is 1.06 bits per heavy atom. The topological polar surface area (TPSA) is 90.2 Å². The van der Waals surface area contributed by atoms with Gasteiger partial charge in [-0.1, -0.05) is 47.6 Å². The van der Waals surface area contributed by atoms with Crippen molar-refractivity contribution in [3.8, 4) is 23.0 Å². The molecule has 2 fully saturated rings. The normalized spacial score (nSPS) is 33.2. The van der Waals surface area contributed by atoms with E-state index < -0.39 is 0 Å². The molecule has 0 saturated heterocycles. The van der Waals surface area contributed by atoms with Crippen LogP contribution in [0.5, 0.6) is 0 Å². The van der Waals surface area contributed by atoms with Crippen LogP contribution < -0.4 is 0 Å². The lowest BCUT2D eigenvalue weighted by atomic mass is 9.70. The molecule has 3 aromatic rings. The molecule has 0 amide bonds. The second kappa shape index (κ2) is 6.04. The van der Waals surface area contributed by atoms with E-state index in [4.69, 9.17) is 15.0 Å². The van der Waals surface area contributed by atoms with Gasteiger partial charge in [-0.15, -0.1) is 10.2 Å². The van der Waals surface area contributed by atoms with Crippen molar-refractivity contribution in [2.24, 2.45) is 10.8 Å². The van der Waals surface area contributed by atoms with E-state index in [2.05, 4.69) is 61.9 Å². The molecule has 3 heterocycles. The van der Waals surface area contributed by atoms with Gasteiger partial charge in [0.05, 0.1) is 22.8 Å². The highest BCUT2D eigenvalue weighted by atomic mass is 15.2. The molecule has 0 aromatic carbocycles. The van der Waals surface area contributed by atoms with Crippen LogP contribution in [0, 0.1) is 10.8 Å². The van der Waals surface area contributed by atoms with Crippen LogP contribution in [0.2, 0.25) is 0 Å². The second-order valence-electron chi connectivity index (χ2n) is 12.4. The molecule has 4 unspecified atom stereocenters. The van der Waals surface area contributed by atoms with Crippen molar-refractivity contribution in [3.05, 3.63) is 41.0 Å². The Balaban J connectivity index is 1.29. The Labute approximate surface area is 200 Å². The van der Waals surface area contributed by atoms with Gasteiger partial charge in [-0.25, -0.2) is 15.0 Å². The SMILES string of the molecule is CC12CCC(c3nnc(-c4cccc(-c5nnc6c(n5)C5(C)CCC6C5(C)C)n4)nc31)C2(C)C. The third-order valence-corrected chi connectivity index (χ3v) is 10.8. The summed E-state index contributed by atoms with van der Waals surface area (Å²) in [6.45, 7) is 14.1. The Morgan fingerprint density at radius 3 is 1.50 bits per heavy atom. The van der Waals surface area contributed by atoms with Crippen LogP contribution in [-0.4, -0.2) is 35.3 Å². The first-order valence-electron chi connectivity index (χ1n) is 12.6. The number of aromatic nitrogens is 7. The number of rotatable bonds is 2. The quantitative estimate of drug-likeness (QED) is 0.531. The molecule has 0 spiro atoms. The van der Waals surface area contributed by atoms with Crippen LogP contribution in [0.1, 0.15) is 102 Å². The van der Waals surface area contributed by atoms with Crippen molar-refractivity contribution in [1.82, 2.24) is 35.3 Å². The lowest BCUT2D eigenvalue weighted by molar-refractivity contribution is 0.227. The summed E-state index contributed by atoms with van der Waals surface area (Å²) in [6.07, 6.45) is 4.63. The van der Waals surface area contributed by atoms with E-state index in [0.29, 0.717) is 34.9 Å². The average molecular weight is 454 g/mol. The van der Waals surface area contributed by atoms with Crippen LogP contribution in [-0.2, 0) is 10.8 Å². The van der Waals surface area contributed by atoms with E-state index in [0.717, 1.165) is 35.6 Å². The van der Waals surface area contributed by atoms with Crippen LogP contribution in [0.15, 0.2) is 18.2 Å². The lowest BCUT2D eigenvalue weighted by Gasteiger charge is -2.34. The fourth-order valence-electron chi connectivity index (χ4n) is 7.66. The summed E-state index contributed by atoms with van der Waals surface area (Å²) in [4.78, 5) is 14.9. The van der Waals surface area contributed by atoms with Crippen molar-refractivity contribution in [3.63, 3.8) is 0 Å². The Kier molecular flexibility index (Phi) is 3.65. The zero-order valence-electron chi connectivity index (χ0n) is 20.8. The molecule has 7 rings (SSSR count). The van der Waals surface area contributed by atoms with E-state index in [1.807, 2.05) is 18.2 Å². The molecule has 0 radical (unpaired) electrons. The Bertz CT molecular complexity index is 1280. The third kappa shape index (κ3) is 2.17. The first-order valence-corrected chi connectivity index (χ1v) is 12.6. The largest absolute Gasteiger partial charge is 0.241 e. The van der Waals surface area contributed by atoms with Crippen LogP contribution in [0.25, 0.3) is 23.0 Å². The first-order chi connectivity index (χ1) is 16.1. The highest BCUT2D eigenvalue weighted by molar-refractivity contribution is 5.58. The molecule has 4 aliphatic rings. The van der Waals surface area contributed by atoms with E-state index in [1.54, 1.807) is 0 Å². The molecule has 174 valence electrons. The second-order valence-corrected chi connectivity index (χ2v) is 12.4. The predicted molar refractivity (Wildman–Crippen MR) is 128 cm³/mol. The molecule has 3 aromatic heterocycles. The summed E-state index contributed by atoms with van der Waals surface area (Å²) in [5, 5.41) is 18.3. The van der Waals surface area contributed by atoms with Crippen molar-refractivity contribution >= 4 is 0 Å². The zero-order valence-corrected chi connectivity index (χ0v) is 20.8. The zero-order chi connectivity index (χ0) is 23.7. The summed E-state index contributed by atoms with van der Waals surface area (Å²) in [5.74, 6) is 2.03. The maximum absolute atomic E-state index is 5.03.